The number of halogens is 1. The van der Waals surface area contributed by atoms with E-state index in [9.17, 15) is 4.39 Å². The van der Waals surface area contributed by atoms with E-state index >= 15 is 0 Å². The summed E-state index contributed by atoms with van der Waals surface area (Å²) in [5.41, 5.74) is 5.65. The predicted octanol–water partition coefficient (Wildman–Crippen LogP) is 0.389. The predicted molar refractivity (Wildman–Crippen MR) is 36.1 cm³/mol. The number of alkyl halides is 1. The highest BCUT2D eigenvalue weighted by molar-refractivity contribution is 5.02. The summed E-state index contributed by atoms with van der Waals surface area (Å²) in [5.74, 6) is 0. The minimum Gasteiger partial charge on any atom is -0.335 e. The van der Waals surface area contributed by atoms with Gasteiger partial charge in [0, 0.05) is 13.6 Å². The molecule has 1 unspecified atom stereocenters. The second-order valence-electron chi connectivity index (χ2n) is 2.13. The number of aryl methyl sites for hydroxylation is 1. The SMILES string of the molecule is Cn1cncc1C(F)CN. The summed E-state index contributed by atoms with van der Waals surface area (Å²) >= 11 is 0. The molecule has 10 heavy (non-hydrogen) atoms. The minimum atomic E-state index is -1.09. The van der Waals surface area contributed by atoms with Gasteiger partial charge in [-0.2, -0.15) is 0 Å². The zero-order valence-electron chi connectivity index (χ0n) is 5.79. The number of nitrogens with zero attached hydrogens (tertiary/aromatic N) is 2. The van der Waals surface area contributed by atoms with Crippen LogP contribution < -0.4 is 5.73 Å². The average Bonchev–Trinajstić information content (AvgIpc) is 2.34. The molecule has 1 atom stereocenters. The fraction of sp³-hybridized carbons (Fsp3) is 0.500. The van der Waals surface area contributed by atoms with Crippen molar-refractivity contribution >= 4 is 0 Å². The Morgan fingerprint density at radius 1 is 1.90 bits per heavy atom. The zero-order chi connectivity index (χ0) is 7.56. The van der Waals surface area contributed by atoms with Gasteiger partial charge in [0.05, 0.1) is 18.2 Å². The molecule has 4 heteroatoms. The zero-order valence-corrected chi connectivity index (χ0v) is 5.79. The molecule has 0 saturated heterocycles. The first kappa shape index (κ1) is 7.21. The van der Waals surface area contributed by atoms with Crippen LogP contribution in [0.5, 0.6) is 0 Å². The van der Waals surface area contributed by atoms with Crippen molar-refractivity contribution in [2.24, 2.45) is 12.8 Å². The topological polar surface area (TPSA) is 43.8 Å². The second-order valence-corrected chi connectivity index (χ2v) is 2.13. The van der Waals surface area contributed by atoms with Crippen molar-refractivity contribution in [2.45, 2.75) is 6.17 Å². The number of imidazole rings is 1. The van der Waals surface area contributed by atoms with E-state index in [0.29, 0.717) is 5.69 Å². The number of hydrogen-bond donors (Lipinski definition) is 1. The molecule has 0 aromatic carbocycles. The van der Waals surface area contributed by atoms with E-state index < -0.39 is 6.17 Å². The summed E-state index contributed by atoms with van der Waals surface area (Å²) in [6.07, 6.45) is 1.95. The van der Waals surface area contributed by atoms with Gasteiger partial charge >= 0.3 is 0 Å². The number of nitrogens with two attached hydrogens (primary N) is 1. The molecule has 0 aliphatic heterocycles. The third kappa shape index (κ3) is 1.16. The lowest BCUT2D eigenvalue weighted by Gasteiger charge is -2.03. The molecule has 0 amide bonds. The first-order valence-electron chi connectivity index (χ1n) is 3.06. The van der Waals surface area contributed by atoms with Gasteiger partial charge < -0.3 is 10.3 Å². The van der Waals surface area contributed by atoms with Crippen LogP contribution in [0.4, 0.5) is 4.39 Å². The van der Waals surface area contributed by atoms with Crippen molar-refractivity contribution in [3.05, 3.63) is 18.2 Å². The van der Waals surface area contributed by atoms with Crippen molar-refractivity contribution in [3.8, 4) is 0 Å². The fourth-order valence-corrected chi connectivity index (χ4v) is 0.790. The van der Waals surface area contributed by atoms with Gasteiger partial charge in [-0.05, 0) is 0 Å². The molecule has 56 valence electrons. The second kappa shape index (κ2) is 2.79. The minimum absolute atomic E-state index is 0.0134. The van der Waals surface area contributed by atoms with E-state index in [4.69, 9.17) is 5.73 Å². The summed E-state index contributed by atoms with van der Waals surface area (Å²) in [5, 5.41) is 0. The van der Waals surface area contributed by atoms with Crippen LogP contribution in [0.1, 0.15) is 11.9 Å². The lowest BCUT2D eigenvalue weighted by atomic mass is 10.3. The van der Waals surface area contributed by atoms with Gasteiger partial charge in [0.25, 0.3) is 0 Å². The molecule has 1 rings (SSSR count). The standard InChI is InChI=1S/C6H10FN3/c1-10-4-9-3-6(10)5(7)2-8/h3-5H,2,8H2,1H3. The molecule has 1 aromatic rings. The van der Waals surface area contributed by atoms with Crippen LogP contribution in [0, 0.1) is 0 Å². The molecule has 1 heterocycles. The summed E-state index contributed by atoms with van der Waals surface area (Å²) in [6.45, 7) is 0.0134. The van der Waals surface area contributed by atoms with Gasteiger partial charge in [-0.15, -0.1) is 0 Å². The molecule has 2 N–H and O–H groups in total. The maximum Gasteiger partial charge on any atom is 0.154 e. The lowest BCUT2D eigenvalue weighted by Crippen LogP contribution is -2.10. The molecule has 0 aliphatic carbocycles. The van der Waals surface area contributed by atoms with Crippen LogP contribution in [0.2, 0.25) is 0 Å². The van der Waals surface area contributed by atoms with E-state index in [1.165, 1.54) is 6.20 Å². The van der Waals surface area contributed by atoms with Gasteiger partial charge in [0.15, 0.2) is 6.17 Å². The Morgan fingerprint density at radius 2 is 2.60 bits per heavy atom. The van der Waals surface area contributed by atoms with Crippen LogP contribution in [0.15, 0.2) is 12.5 Å². The highest BCUT2D eigenvalue weighted by Gasteiger charge is 2.09. The molecular weight excluding hydrogens is 133 g/mol. The van der Waals surface area contributed by atoms with Gasteiger partial charge in [0.2, 0.25) is 0 Å². The maximum atomic E-state index is 12.8. The Morgan fingerprint density at radius 3 is 3.00 bits per heavy atom. The fourth-order valence-electron chi connectivity index (χ4n) is 0.790. The third-order valence-corrected chi connectivity index (χ3v) is 1.38. The van der Waals surface area contributed by atoms with E-state index in [0.717, 1.165) is 0 Å². The first-order chi connectivity index (χ1) is 4.75. The number of aromatic nitrogens is 2. The Hall–Kier alpha value is -0.900. The van der Waals surface area contributed by atoms with Crippen LogP contribution in [-0.4, -0.2) is 16.1 Å². The van der Waals surface area contributed by atoms with Gasteiger partial charge in [0.1, 0.15) is 0 Å². The van der Waals surface area contributed by atoms with Crippen molar-refractivity contribution in [2.75, 3.05) is 6.54 Å². The Bertz CT molecular complexity index is 209. The largest absolute Gasteiger partial charge is 0.335 e. The van der Waals surface area contributed by atoms with Crippen LogP contribution in [0.3, 0.4) is 0 Å². The molecular formula is C6H10FN3. The molecule has 0 radical (unpaired) electrons. The molecule has 3 nitrogen and oxygen atoms in total. The van der Waals surface area contributed by atoms with Crippen LogP contribution in [-0.2, 0) is 7.05 Å². The van der Waals surface area contributed by atoms with Gasteiger partial charge in [-0.1, -0.05) is 0 Å². The van der Waals surface area contributed by atoms with Gasteiger partial charge in [-0.25, -0.2) is 9.37 Å². The van der Waals surface area contributed by atoms with Crippen LogP contribution in [0.25, 0.3) is 0 Å². The van der Waals surface area contributed by atoms with E-state index in [1.807, 2.05) is 0 Å². The summed E-state index contributed by atoms with van der Waals surface area (Å²) < 4.78 is 14.4. The highest BCUT2D eigenvalue weighted by atomic mass is 19.1. The molecule has 0 fully saturated rings. The quantitative estimate of drug-likeness (QED) is 0.650. The van der Waals surface area contributed by atoms with E-state index in [2.05, 4.69) is 4.98 Å². The summed E-state index contributed by atoms with van der Waals surface area (Å²) in [6, 6.07) is 0. The maximum absolute atomic E-state index is 12.8. The normalized spacial score (nSPS) is 13.5. The summed E-state index contributed by atoms with van der Waals surface area (Å²) in [7, 11) is 1.74. The van der Waals surface area contributed by atoms with Gasteiger partial charge in [-0.3, -0.25) is 0 Å². The molecule has 0 bridgehead atoms. The monoisotopic (exact) mass is 143 g/mol. The third-order valence-electron chi connectivity index (χ3n) is 1.38. The van der Waals surface area contributed by atoms with Crippen molar-refractivity contribution in [1.29, 1.82) is 0 Å². The van der Waals surface area contributed by atoms with E-state index in [-0.39, 0.29) is 6.54 Å². The number of hydrogen-bond acceptors (Lipinski definition) is 2. The Kier molecular flexibility index (Phi) is 2.01. The molecule has 0 aliphatic rings. The van der Waals surface area contributed by atoms with Crippen molar-refractivity contribution in [3.63, 3.8) is 0 Å². The lowest BCUT2D eigenvalue weighted by molar-refractivity contribution is 0.338. The Balaban J connectivity index is 2.82. The number of rotatable bonds is 2. The smallest absolute Gasteiger partial charge is 0.154 e. The Labute approximate surface area is 58.7 Å². The summed E-state index contributed by atoms with van der Waals surface area (Å²) in [4.78, 5) is 3.76. The average molecular weight is 143 g/mol. The highest BCUT2D eigenvalue weighted by Crippen LogP contribution is 2.13. The van der Waals surface area contributed by atoms with E-state index in [1.54, 1.807) is 17.9 Å². The molecule has 0 saturated carbocycles. The molecule has 0 spiro atoms. The van der Waals surface area contributed by atoms with Crippen molar-refractivity contribution < 1.29 is 4.39 Å². The first-order valence-corrected chi connectivity index (χ1v) is 3.06. The van der Waals surface area contributed by atoms with Crippen molar-refractivity contribution in [1.82, 2.24) is 9.55 Å². The molecule has 1 aromatic heterocycles. The van der Waals surface area contributed by atoms with Crippen LogP contribution >= 0.6 is 0 Å².